The zero-order valence-electron chi connectivity index (χ0n) is 8.52. The van der Waals surface area contributed by atoms with Crippen molar-refractivity contribution in [3.05, 3.63) is 0 Å². The van der Waals surface area contributed by atoms with Crippen LogP contribution in [0.3, 0.4) is 0 Å². The Labute approximate surface area is 92.4 Å². The molecule has 0 fully saturated rings. The Hall–Kier alpha value is -0.950. The van der Waals surface area contributed by atoms with E-state index in [1.807, 2.05) is 6.26 Å². The number of rotatable bonds is 7. The number of carbonyl (C=O) groups is 2. The second-order valence-corrected chi connectivity index (χ2v) is 3.82. The standard InChI is InChI=1S/C8H16N2O4S/c1-15-4-2-3-9-8(14)10-5-6(11)7(12)13/h6,11H,2-5H2,1H3,(H,12,13)(H2,9,10,14). The number of aliphatic carboxylic acids is 1. The first-order valence-electron chi connectivity index (χ1n) is 4.49. The van der Waals surface area contributed by atoms with Gasteiger partial charge in [-0.25, -0.2) is 9.59 Å². The van der Waals surface area contributed by atoms with E-state index in [9.17, 15) is 9.59 Å². The molecule has 0 saturated carbocycles. The molecule has 0 aliphatic heterocycles. The molecule has 0 bridgehead atoms. The summed E-state index contributed by atoms with van der Waals surface area (Å²) < 4.78 is 0. The third-order valence-electron chi connectivity index (χ3n) is 1.55. The van der Waals surface area contributed by atoms with Gasteiger partial charge in [-0.3, -0.25) is 0 Å². The topological polar surface area (TPSA) is 98.7 Å². The summed E-state index contributed by atoms with van der Waals surface area (Å²) in [6.45, 7) is 0.250. The van der Waals surface area contributed by atoms with Crippen LogP contribution in [-0.2, 0) is 4.79 Å². The van der Waals surface area contributed by atoms with Gasteiger partial charge in [0.05, 0.1) is 6.54 Å². The maximum Gasteiger partial charge on any atom is 0.334 e. The van der Waals surface area contributed by atoms with Gasteiger partial charge in [-0.15, -0.1) is 0 Å². The molecule has 0 aliphatic rings. The van der Waals surface area contributed by atoms with Gasteiger partial charge in [-0.2, -0.15) is 11.8 Å². The molecule has 6 nitrogen and oxygen atoms in total. The van der Waals surface area contributed by atoms with Crippen LogP contribution >= 0.6 is 11.8 Å². The Bertz CT molecular complexity index is 213. The predicted molar refractivity (Wildman–Crippen MR) is 58.0 cm³/mol. The fourth-order valence-corrected chi connectivity index (χ4v) is 1.19. The molecule has 0 radical (unpaired) electrons. The Morgan fingerprint density at radius 3 is 2.60 bits per heavy atom. The third-order valence-corrected chi connectivity index (χ3v) is 2.25. The van der Waals surface area contributed by atoms with Gasteiger partial charge in [0.25, 0.3) is 0 Å². The van der Waals surface area contributed by atoms with Crippen molar-refractivity contribution >= 4 is 23.8 Å². The Kier molecular flexibility index (Phi) is 7.84. The van der Waals surface area contributed by atoms with Crippen molar-refractivity contribution in [3.8, 4) is 0 Å². The van der Waals surface area contributed by atoms with Gasteiger partial charge in [-0.05, 0) is 18.4 Å². The fourth-order valence-electron chi connectivity index (χ4n) is 0.758. The van der Waals surface area contributed by atoms with Crippen molar-refractivity contribution in [2.45, 2.75) is 12.5 Å². The highest BCUT2D eigenvalue weighted by Gasteiger charge is 2.13. The monoisotopic (exact) mass is 236 g/mol. The van der Waals surface area contributed by atoms with E-state index in [2.05, 4.69) is 10.6 Å². The Morgan fingerprint density at radius 2 is 2.07 bits per heavy atom. The number of thioether (sulfide) groups is 1. The average Bonchev–Trinajstić information content (AvgIpc) is 2.20. The Morgan fingerprint density at radius 1 is 1.40 bits per heavy atom. The zero-order valence-corrected chi connectivity index (χ0v) is 9.34. The van der Waals surface area contributed by atoms with E-state index in [1.54, 1.807) is 11.8 Å². The minimum atomic E-state index is -1.55. The van der Waals surface area contributed by atoms with Crippen LogP contribution in [0, 0.1) is 0 Å². The first-order chi connectivity index (χ1) is 7.07. The van der Waals surface area contributed by atoms with Crippen LogP contribution in [0.5, 0.6) is 0 Å². The lowest BCUT2D eigenvalue weighted by atomic mass is 10.4. The molecule has 0 aromatic heterocycles. The summed E-state index contributed by atoms with van der Waals surface area (Å²) in [4.78, 5) is 21.2. The second kappa shape index (κ2) is 8.37. The van der Waals surface area contributed by atoms with Crippen LogP contribution in [0.25, 0.3) is 0 Å². The smallest absolute Gasteiger partial charge is 0.334 e. The van der Waals surface area contributed by atoms with Gasteiger partial charge in [-0.1, -0.05) is 0 Å². The normalized spacial score (nSPS) is 11.9. The number of carboxylic acid groups (broad SMARTS) is 1. The van der Waals surface area contributed by atoms with Crippen molar-refractivity contribution in [1.29, 1.82) is 0 Å². The molecule has 7 heteroatoms. The van der Waals surface area contributed by atoms with Crippen molar-refractivity contribution < 1.29 is 19.8 Å². The van der Waals surface area contributed by atoms with E-state index in [-0.39, 0.29) is 6.54 Å². The first kappa shape index (κ1) is 14.1. The molecule has 0 rings (SSSR count). The molecule has 0 spiro atoms. The lowest BCUT2D eigenvalue weighted by Gasteiger charge is -2.08. The Balaban J connectivity index is 3.45. The van der Waals surface area contributed by atoms with Crippen molar-refractivity contribution in [3.63, 3.8) is 0 Å². The molecule has 4 N–H and O–H groups in total. The van der Waals surface area contributed by atoms with Crippen LogP contribution in [0.1, 0.15) is 6.42 Å². The largest absolute Gasteiger partial charge is 0.479 e. The average molecular weight is 236 g/mol. The molecule has 1 unspecified atom stereocenters. The highest BCUT2D eigenvalue weighted by molar-refractivity contribution is 7.98. The molecular formula is C8H16N2O4S. The maximum atomic E-state index is 11.0. The molecule has 1 atom stereocenters. The first-order valence-corrected chi connectivity index (χ1v) is 5.88. The SMILES string of the molecule is CSCCCNC(=O)NCC(O)C(=O)O. The van der Waals surface area contributed by atoms with Crippen LogP contribution < -0.4 is 10.6 Å². The lowest BCUT2D eigenvalue weighted by molar-refractivity contribution is -0.146. The number of aliphatic hydroxyl groups is 1. The number of aliphatic hydroxyl groups excluding tert-OH is 1. The summed E-state index contributed by atoms with van der Waals surface area (Å²) in [6, 6.07) is -0.462. The number of amides is 2. The van der Waals surface area contributed by atoms with E-state index in [1.165, 1.54) is 0 Å². The van der Waals surface area contributed by atoms with Crippen molar-refractivity contribution in [2.24, 2.45) is 0 Å². The number of carbonyl (C=O) groups excluding carboxylic acids is 1. The van der Waals surface area contributed by atoms with Gasteiger partial charge in [0, 0.05) is 6.54 Å². The molecule has 2 amide bonds. The van der Waals surface area contributed by atoms with Crippen LogP contribution in [0.2, 0.25) is 0 Å². The van der Waals surface area contributed by atoms with E-state index in [4.69, 9.17) is 10.2 Å². The number of carboxylic acids is 1. The highest BCUT2D eigenvalue weighted by Crippen LogP contribution is 1.92. The molecule has 0 heterocycles. The number of nitrogens with one attached hydrogen (secondary N) is 2. The summed E-state index contributed by atoms with van der Waals surface area (Å²) in [5, 5.41) is 22.0. The highest BCUT2D eigenvalue weighted by atomic mass is 32.2. The van der Waals surface area contributed by atoms with Crippen LogP contribution in [0.15, 0.2) is 0 Å². The van der Waals surface area contributed by atoms with Gasteiger partial charge in [0.15, 0.2) is 6.10 Å². The van der Waals surface area contributed by atoms with Gasteiger partial charge < -0.3 is 20.8 Å². The zero-order chi connectivity index (χ0) is 11.7. The lowest BCUT2D eigenvalue weighted by Crippen LogP contribution is -2.42. The van der Waals surface area contributed by atoms with E-state index >= 15 is 0 Å². The maximum absolute atomic E-state index is 11.0. The summed E-state index contributed by atoms with van der Waals surface area (Å²) >= 11 is 1.69. The van der Waals surface area contributed by atoms with E-state index in [0.29, 0.717) is 6.54 Å². The summed E-state index contributed by atoms with van der Waals surface area (Å²) in [7, 11) is 0. The second-order valence-electron chi connectivity index (χ2n) is 2.84. The molecule has 15 heavy (non-hydrogen) atoms. The molecule has 0 aliphatic carbocycles. The molecule has 88 valence electrons. The molecule has 0 saturated heterocycles. The van der Waals surface area contributed by atoms with Gasteiger partial charge in [0.2, 0.25) is 0 Å². The van der Waals surface area contributed by atoms with Gasteiger partial charge in [0.1, 0.15) is 0 Å². The van der Waals surface area contributed by atoms with E-state index < -0.39 is 18.1 Å². The quantitative estimate of drug-likeness (QED) is 0.446. The number of hydrogen-bond donors (Lipinski definition) is 4. The van der Waals surface area contributed by atoms with E-state index in [0.717, 1.165) is 12.2 Å². The van der Waals surface area contributed by atoms with Crippen molar-refractivity contribution in [2.75, 3.05) is 25.1 Å². The van der Waals surface area contributed by atoms with Gasteiger partial charge >= 0.3 is 12.0 Å². The molecule has 0 aromatic rings. The minimum absolute atomic E-state index is 0.288. The minimum Gasteiger partial charge on any atom is -0.479 e. The summed E-state index contributed by atoms with van der Waals surface area (Å²) in [6.07, 6.45) is 1.28. The summed E-state index contributed by atoms with van der Waals surface area (Å²) in [5.74, 6) is -0.393. The molecule has 0 aromatic carbocycles. The van der Waals surface area contributed by atoms with Crippen molar-refractivity contribution in [1.82, 2.24) is 10.6 Å². The van der Waals surface area contributed by atoms with Crippen LogP contribution in [-0.4, -0.2) is 53.4 Å². The third kappa shape index (κ3) is 8.07. The number of urea groups is 1. The van der Waals surface area contributed by atoms with Crippen LogP contribution in [0.4, 0.5) is 4.79 Å². The number of hydrogen-bond acceptors (Lipinski definition) is 4. The molecular weight excluding hydrogens is 220 g/mol. The fraction of sp³-hybridized carbons (Fsp3) is 0.750. The predicted octanol–water partition coefficient (Wildman–Crippen LogP) is -0.516. The summed E-state index contributed by atoms with van der Waals surface area (Å²) in [5.41, 5.74) is 0.